The van der Waals surface area contributed by atoms with Crippen LogP contribution >= 0.6 is 22.7 Å². The molecule has 0 radical (unpaired) electrons. The quantitative estimate of drug-likeness (QED) is 0.329. The SMILES string of the molecule is C[C@H](NC(=O)c1cnc(-c2cccc(F)c2)s1)C(=O)N[C@@H](CCC(F)(F)F)C(=O)c1nccs1. The highest BCUT2D eigenvalue weighted by atomic mass is 32.1. The lowest BCUT2D eigenvalue weighted by molar-refractivity contribution is -0.137. The molecule has 3 rings (SSSR count). The molecule has 13 heteroatoms. The van der Waals surface area contributed by atoms with Crippen molar-refractivity contribution in [2.24, 2.45) is 0 Å². The molecule has 0 spiro atoms. The van der Waals surface area contributed by atoms with Gasteiger partial charge in [-0.3, -0.25) is 14.4 Å². The van der Waals surface area contributed by atoms with E-state index in [-0.39, 0.29) is 9.88 Å². The molecule has 2 N–H and O–H groups in total. The molecule has 0 aliphatic carbocycles. The van der Waals surface area contributed by atoms with E-state index < -0.39 is 54.5 Å². The maximum absolute atomic E-state index is 13.4. The van der Waals surface area contributed by atoms with Gasteiger partial charge in [0.1, 0.15) is 21.7 Å². The number of Topliss-reactive ketones (excluding diaryl/α,β-unsaturated/α-hetero) is 1. The third kappa shape index (κ3) is 6.90. The van der Waals surface area contributed by atoms with Crippen molar-refractivity contribution in [1.29, 1.82) is 0 Å². The normalized spacial score (nSPS) is 13.2. The minimum absolute atomic E-state index is 0.0290. The highest BCUT2D eigenvalue weighted by Gasteiger charge is 2.33. The second kappa shape index (κ2) is 10.8. The fourth-order valence-electron chi connectivity index (χ4n) is 2.84. The zero-order valence-electron chi connectivity index (χ0n) is 17.6. The van der Waals surface area contributed by atoms with Gasteiger partial charge in [-0.2, -0.15) is 13.2 Å². The number of nitrogens with one attached hydrogen (secondary N) is 2. The second-order valence-corrected chi connectivity index (χ2v) is 9.08. The number of carbonyl (C=O) groups is 3. The van der Waals surface area contributed by atoms with E-state index in [0.717, 1.165) is 22.7 Å². The monoisotopic (exact) mass is 514 g/mol. The molecule has 0 fully saturated rings. The molecule has 0 aliphatic heterocycles. The number of carbonyl (C=O) groups excluding carboxylic acids is 3. The number of aromatic nitrogens is 2. The van der Waals surface area contributed by atoms with Gasteiger partial charge < -0.3 is 10.6 Å². The molecule has 2 heterocycles. The van der Waals surface area contributed by atoms with Crippen molar-refractivity contribution in [3.05, 3.63) is 57.7 Å². The second-order valence-electron chi connectivity index (χ2n) is 7.15. The van der Waals surface area contributed by atoms with Gasteiger partial charge in [-0.15, -0.1) is 22.7 Å². The van der Waals surface area contributed by atoms with E-state index in [2.05, 4.69) is 20.6 Å². The van der Waals surface area contributed by atoms with E-state index in [4.69, 9.17) is 0 Å². The lowest BCUT2D eigenvalue weighted by Gasteiger charge is -2.20. The van der Waals surface area contributed by atoms with Crippen LogP contribution in [0.5, 0.6) is 0 Å². The standard InChI is InChI=1S/C21H18F4N4O3S2/c1-11(28-18(32)15-10-27-19(34-15)12-3-2-4-13(22)9-12)17(31)29-14(5-6-21(23,24)25)16(30)20-26-7-8-33-20/h2-4,7-11,14H,5-6H2,1H3,(H,28,32)(H,29,31)/t11-,14-/m0/s1. The largest absolute Gasteiger partial charge is 0.389 e. The molecule has 0 bridgehead atoms. The maximum Gasteiger partial charge on any atom is 0.389 e. The number of thiazole rings is 2. The van der Waals surface area contributed by atoms with Crippen LogP contribution in [0.2, 0.25) is 0 Å². The van der Waals surface area contributed by atoms with E-state index in [9.17, 15) is 31.9 Å². The van der Waals surface area contributed by atoms with Gasteiger partial charge in [0.2, 0.25) is 11.7 Å². The molecule has 180 valence electrons. The zero-order chi connectivity index (χ0) is 24.9. The molecule has 0 saturated heterocycles. The van der Waals surface area contributed by atoms with E-state index in [1.54, 1.807) is 6.07 Å². The first-order valence-corrected chi connectivity index (χ1v) is 11.6. The molecule has 34 heavy (non-hydrogen) atoms. The average molecular weight is 515 g/mol. The first-order chi connectivity index (χ1) is 16.0. The Morgan fingerprint density at radius 2 is 1.91 bits per heavy atom. The maximum atomic E-state index is 13.4. The van der Waals surface area contributed by atoms with Gasteiger partial charge in [0.05, 0.1) is 12.2 Å². The fourth-order valence-corrected chi connectivity index (χ4v) is 4.28. The molecular formula is C21H18F4N4O3S2. The van der Waals surface area contributed by atoms with Crippen LogP contribution in [0.4, 0.5) is 17.6 Å². The molecule has 2 amide bonds. The number of ketones is 1. The topological polar surface area (TPSA) is 101 Å². The highest BCUT2D eigenvalue weighted by Crippen LogP contribution is 2.26. The minimum Gasteiger partial charge on any atom is -0.344 e. The minimum atomic E-state index is -4.52. The third-order valence-electron chi connectivity index (χ3n) is 4.53. The Kier molecular flexibility index (Phi) is 8.10. The van der Waals surface area contributed by atoms with Crippen LogP contribution in [0.1, 0.15) is 39.2 Å². The number of nitrogens with zero attached hydrogens (tertiary/aromatic N) is 2. The Hall–Kier alpha value is -3.19. The van der Waals surface area contributed by atoms with Crippen molar-refractivity contribution in [3.8, 4) is 10.6 Å². The number of amides is 2. The summed E-state index contributed by atoms with van der Waals surface area (Å²) in [5.41, 5.74) is 0.475. The molecule has 7 nitrogen and oxygen atoms in total. The van der Waals surface area contributed by atoms with Crippen molar-refractivity contribution in [2.75, 3.05) is 0 Å². The summed E-state index contributed by atoms with van der Waals surface area (Å²) in [6.07, 6.45) is -3.86. The van der Waals surface area contributed by atoms with Crippen LogP contribution in [0.15, 0.2) is 42.0 Å². The van der Waals surface area contributed by atoms with Crippen molar-refractivity contribution < 1.29 is 31.9 Å². The highest BCUT2D eigenvalue weighted by molar-refractivity contribution is 7.16. The zero-order valence-corrected chi connectivity index (χ0v) is 19.2. The molecule has 0 aliphatic rings. The number of hydrogen-bond donors (Lipinski definition) is 2. The van der Waals surface area contributed by atoms with Crippen molar-refractivity contribution in [2.45, 2.75) is 38.0 Å². The summed E-state index contributed by atoms with van der Waals surface area (Å²) < 4.78 is 51.5. The van der Waals surface area contributed by atoms with Gasteiger partial charge in [-0.25, -0.2) is 14.4 Å². The number of benzene rings is 1. The summed E-state index contributed by atoms with van der Waals surface area (Å²) in [5.74, 6) is -2.69. The van der Waals surface area contributed by atoms with Crippen molar-refractivity contribution >= 4 is 40.3 Å². The predicted octanol–water partition coefficient (Wildman–Crippen LogP) is 4.23. The van der Waals surface area contributed by atoms with Gasteiger partial charge in [-0.05, 0) is 25.5 Å². The average Bonchev–Trinajstić information content (AvgIpc) is 3.48. The number of hydrogen-bond acceptors (Lipinski definition) is 7. The van der Waals surface area contributed by atoms with Crippen molar-refractivity contribution in [3.63, 3.8) is 0 Å². The van der Waals surface area contributed by atoms with Crippen LogP contribution in [-0.4, -0.2) is 45.8 Å². The first kappa shape index (κ1) is 25.4. The Balaban J connectivity index is 1.64. The molecular weight excluding hydrogens is 496 g/mol. The summed E-state index contributed by atoms with van der Waals surface area (Å²) >= 11 is 1.92. The predicted molar refractivity (Wildman–Crippen MR) is 118 cm³/mol. The Morgan fingerprint density at radius 1 is 1.15 bits per heavy atom. The summed E-state index contributed by atoms with van der Waals surface area (Å²) in [6.45, 7) is 1.33. The van der Waals surface area contributed by atoms with Gasteiger partial charge in [0, 0.05) is 23.6 Å². The fraction of sp³-hybridized carbons (Fsp3) is 0.286. The van der Waals surface area contributed by atoms with Crippen LogP contribution in [-0.2, 0) is 4.79 Å². The van der Waals surface area contributed by atoms with Crippen LogP contribution in [0, 0.1) is 5.82 Å². The third-order valence-corrected chi connectivity index (χ3v) is 6.37. The molecule has 3 aromatic rings. The summed E-state index contributed by atoms with van der Waals surface area (Å²) in [5, 5.41) is 6.56. The first-order valence-electron chi connectivity index (χ1n) is 9.87. The van der Waals surface area contributed by atoms with Gasteiger partial charge in [0.25, 0.3) is 5.91 Å². The molecule has 0 saturated carbocycles. The smallest absolute Gasteiger partial charge is 0.344 e. The van der Waals surface area contributed by atoms with E-state index in [1.807, 2.05) is 0 Å². The van der Waals surface area contributed by atoms with Gasteiger partial charge >= 0.3 is 6.18 Å². The Labute approximate surface area is 199 Å². The Morgan fingerprint density at radius 3 is 2.56 bits per heavy atom. The number of alkyl halides is 3. The summed E-state index contributed by atoms with van der Waals surface area (Å²) in [7, 11) is 0. The summed E-state index contributed by atoms with van der Waals surface area (Å²) in [4.78, 5) is 45.6. The number of halogens is 4. The van der Waals surface area contributed by atoms with Crippen LogP contribution < -0.4 is 10.6 Å². The van der Waals surface area contributed by atoms with E-state index in [1.165, 1.54) is 42.9 Å². The van der Waals surface area contributed by atoms with Gasteiger partial charge in [0.15, 0.2) is 5.01 Å². The lowest BCUT2D eigenvalue weighted by Crippen LogP contribution is -2.50. The molecule has 1 aromatic carbocycles. The van der Waals surface area contributed by atoms with E-state index in [0.29, 0.717) is 10.6 Å². The molecule has 2 atom stereocenters. The summed E-state index contributed by atoms with van der Waals surface area (Å²) in [6, 6.07) is 3.04. The van der Waals surface area contributed by atoms with E-state index >= 15 is 0 Å². The van der Waals surface area contributed by atoms with Gasteiger partial charge in [-0.1, -0.05) is 12.1 Å². The lowest BCUT2D eigenvalue weighted by atomic mass is 10.1. The molecule has 2 aromatic heterocycles. The number of rotatable bonds is 9. The van der Waals surface area contributed by atoms with Crippen molar-refractivity contribution in [1.82, 2.24) is 20.6 Å². The molecule has 0 unspecified atom stereocenters. The van der Waals surface area contributed by atoms with Crippen LogP contribution in [0.25, 0.3) is 10.6 Å². The van der Waals surface area contributed by atoms with Crippen LogP contribution in [0.3, 0.4) is 0 Å². The Bertz CT molecular complexity index is 1160.